The van der Waals surface area contributed by atoms with Gasteiger partial charge in [-0.2, -0.15) is 0 Å². The van der Waals surface area contributed by atoms with E-state index in [9.17, 15) is 9.59 Å². The molecule has 1 amide bonds. The van der Waals surface area contributed by atoms with Crippen LogP contribution in [0, 0.1) is 0 Å². The van der Waals surface area contributed by atoms with E-state index in [1.165, 1.54) is 23.0 Å². The van der Waals surface area contributed by atoms with Crippen LogP contribution in [-0.2, 0) is 17.9 Å². The fraction of sp³-hybridized carbons (Fsp3) is 0.200. The molecule has 0 bridgehead atoms. The van der Waals surface area contributed by atoms with Gasteiger partial charge in [-0.1, -0.05) is 5.21 Å². The Morgan fingerprint density at radius 1 is 1.44 bits per heavy atom. The van der Waals surface area contributed by atoms with Gasteiger partial charge in [0.15, 0.2) is 0 Å². The maximum atomic E-state index is 11.5. The number of rotatable bonds is 5. The van der Waals surface area contributed by atoms with Crippen molar-refractivity contribution in [2.75, 3.05) is 0 Å². The molecule has 94 valence electrons. The van der Waals surface area contributed by atoms with Gasteiger partial charge in [0.2, 0.25) is 11.7 Å². The Balaban J connectivity index is 1.83. The lowest BCUT2D eigenvalue weighted by molar-refractivity contribution is -0.122. The number of nitrogens with one attached hydrogen (secondary N) is 1. The minimum absolute atomic E-state index is 0.0481. The topological polar surface area (TPSA) is 110 Å². The molecule has 0 aliphatic rings. The van der Waals surface area contributed by atoms with Gasteiger partial charge in [-0.05, 0) is 12.1 Å². The van der Waals surface area contributed by atoms with Crippen molar-refractivity contribution in [1.82, 2.24) is 20.3 Å². The number of hydrogen-bond acceptors (Lipinski definition) is 5. The molecule has 0 aromatic carbocycles. The molecule has 0 saturated heterocycles. The third-order valence-electron chi connectivity index (χ3n) is 2.11. The molecular weight excluding hydrogens is 240 g/mol. The molecule has 0 atom stereocenters. The van der Waals surface area contributed by atoms with E-state index < -0.39 is 5.97 Å². The lowest BCUT2D eigenvalue weighted by Crippen LogP contribution is -2.27. The number of carbonyl (C=O) groups excluding carboxylic acids is 1. The molecule has 0 aliphatic heterocycles. The number of aromatic nitrogens is 3. The van der Waals surface area contributed by atoms with Crippen molar-refractivity contribution < 1.29 is 19.1 Å². The van der Waals surface area contributed by atoms with Gasteiger partial charge in [-0.15, -0.1) is 5.10 Å². The summed E-state index contributed by atoms with van der Waals surface area (Å²) >= 11 is 0. The molecule has 0 aliphatic carbocycles. The zero-order chi connectivity index (χ0) is 13.0. The first kappa shape index (κ1) is 11.8. The van der Waals surface area contributed by atoms with Crippen LogP contribution < -0.4 is 5.32 Å². The van der Waals surface area contributed by atoms with Gasteiger partial charge in [-0.3, -0.25) is 4.79 Å². The molecule has 2 N–H and O–H groups in total. The fourth-order valence-corrected chi connectivity index (χ4v) is 1.29. The van der Waals surface area contributed by atoms with Crippen molar-refractivity contribution in [3.63, 3.8) is 0 Å². The Kier molecular flexibility index (Phi) is 3.37. The third-order valence-corrected chi connectivity index (χ3v) is 2.11. The van der Waals surface area contributed by atoms with Crippen molar-refractivity contribution in [1.29, 1.82) is 0 Å². The van der Waals surface area contributed by atoms with E-state index in [1.807, 2.05) is 0 Å². The highest BCUT2D eigenvalue weighted by Gasteiger charge is 2.10. The number of aromatic carboxylic acids is 1. The molecule has 2 aromatic rings. The van der Waals surface area contributed by atoms with Crippen LogP contribution in [0.1, 0.15) is 16.3 Å². The first-order chi connectivity index (χ1) is 8.65. The second kappa shape index (κ2) is 5.13. The summed E-state index contributed by atoms with van der Waals surface area (Å²) in [5.74, 6) is -1.20. The highest BCUT2D eigenvalue weighted by atomic mass is 16.4. The van der Waals surface area contributed by atoms with E-state index in [0.29, 0.717) is 5.76 Å². The molecular formula is C10H10N4O4. The summed E-state index contributed by atoms with van der Waals surface area (Å²) in [6, 6.07) is 2.83. The molecule has 0 fully saturated rings. The monoisotopic (exact) mass is 250 g/mol. The Morgan fingerprint density at radius 2 is 2.28 bits per heavy atom. The summed E-state index contributed by atoms with van der Waals surface area (Å²) in [6.07, 6.45) is 3.04. The highest BCUT2D eigenvalue weighted by molar-refractivity contribution is 5.84. The van der Waals surface area contributed by atoms with Crippen molar-refractivity contribution >= 4 is 11.9 Å². The Hall–Kier alpha value is -2.64. The van der Waals surface area contributed by atoms with Crippen molar-refractivity contribution in [2.45, 2.75) is 13.1 Å². The Bertz CT molecular complexity index is 546. The fourth-order valence-electron chi connectivity index (χ4n) is 1.29. The minimum Gasteiger partial charge on any atom is -0.475 e. The van der Waals surface area contributed by atoms with Crippen LogP contribution in [0.4, 0.5) is 0 Å². The number of furan rings is 1. The maximum absolute atomic E-state index is 11.5. The second-order valence-corrected chi connectivity index (χ2v) is 3.45. The summed E-state index contributed by atoms with van der Waals surface area (Å²) in [4.78, 5) is 22.0. The van der Waals surface area contributed by atoms with Gasteiger partial charge in [0.05, 0.1) is 12.7 Å². The first-order valence-electron chi connectivity index (χ1n) is 5.08. The number of carbonyl (C=O) groups is 2. The van der Waals surface area contributed by atoms with Crippen LogP contribution in [0.5, 0.6) is 0 Å². The average Bonchev–Trinajstić information content (AvgIpc) is 2.96. The Labute approximate surface area is 101 Å². The van der Waals surface area contributed by atoms with Gasteiger partial charge < -0.3 is 14.8 Å². The molecule has 0 spiro atoms. The second-order valence-electron chi connectivity index (χ2n) is 3.45. The molecule has 0 radical (unpaired) electrons. The summed E-state index contributed by atoms with van der Waals surface area (Å²) in [5.41, 5.74) is 0. The smallest absolute Gasteiger partial charge is 0.371 e. The van der Waals surface area contributed by atoms with Crippen LogP contribution in [0.2, 0.25) is 0 Å². The zero-order valence-corrected chi connectivity index (χ0v) is 9.24. The van der Waals surface area contributed by atoms with Gasteiger partial charge in [0, 0.05) is 6.20 Å². The third kappa shape index (κ3) is 2.94. The number of carboxylic acids is 1. The van der Waals surface area contributed by atoms with Crippen molar-refractivity contribution in [2.24, 2.45) is 0 Å². The van der Waals surface area contributed by atoms with Gasteiger partial charge >= 0.3 is 5.97 Å². The largest absolute Gasteiger partial charge is 0.475 e. The van der Waals surface area contributed by atoms with E-state index >= 15 is 0 Å². The average molecular weight is 250 g/mol. The molecule has 8 nitrogen and oxygen atoms in total. The number of carboxylic acid groups (broad SMARTS) is 1. The van der Waals surface area contributed by atoms with E-state index in [0.717, 1.165) is 0 Å². The van der Waals surface area contributed by atoms with Gasteiger partial charge in [0.25, 0.3) is 0 Å². The predicted molar refractivity (Wildman–Crippen MR) is 57.5 cm³/mol. The van der Waals surface area contributed by atoms with E-state index in [1.54, 1.807) is 6.20 Å². The van der Waals surface area contributed by atoms with E-state index in [4.69, 9.17) is 9.52 Å². The zero-order valence-electron chi connectivity index (χ0n) is 9.24. The molecule has 8 heteroatoms. The number of amides is 1. The molecule has 18 heavy (non-hydrogen) atoms. The summed E-state index contributed by atoms with van der Waals surface area (Å²) in [6.45, 7) is 0.174. The van der Waals surface area contributed by atoms with E-state index in [2.05, 4.69) is 15.6 Å². The standard InChI is InChI=1S/C10H10N4O4/c15-9(6-14-4-3-12-13-14)11-5-7-1-2-8(18-7)10(16)17/h1-4H,5-6H2,(H,11,15)(H,16,17). The maximum Gasteiger partial charge on any atom is 0.371 e. The van der Waals surface area contributed by atoms with Crippen LogP contribution in [0.15, 0.2) is 28.9 Å². The van der Waals surface area contributed by atoms with Crippen LogP contribution in [0.3, 0.4) is 0 Å². The van der Waals surface area contributed by atoms with E-state index in [-0.39, 0.29) is 24.8 Å². The predicted octanol–water partition coefficient (Wildman–Crippen LogP) is -0.114. The van der Waals surface area contributed by atoms with Crippen molar-refractivity contribution in [3.8, 4) is 0 Å². The van der Waals surface area contributed by atoms with Crippen LogP contribution in [-0.4, -0.2) is 32.0 Å². The normalized spacial score (nSPS) is 10.2. The number of nitrogens with zero attached hydrogens (tertiary/aromatic N) is 3. The van der Waals surface area contributed by atoms with Crippen LogP contribution >= 0.6 is 0 Å². The summed E-state index contributed by atoms with van der Waals surface area (Å²) in [5, 5.41) is 18.4. The Morgan fingerprint density at radius 3 is 2.89 bits per heavy atom. The van der Waals surface area contributed by atoms with Crippen molar-refractivity contribution in [3.05, 3.63) is 36.0 Å². The molecule has 2 aromatic heterocycles. The molecule has 2 heterocycles. The minimum atomic E-state index is -1.14. The quantitative estimate of drug-likeness (QED) is 0.765. The lowest BCUT2D eigenvalue weighted by Gasteiger charge is -2.02. The first-order valence-corrected chi connectivity index (χ1v) is 5.08. The van der Waals surface area contributed by atoms with Gasteiger partial charge in [-0.25, -0.2) is 9.48 Å². The SMILES string of the molecule is O=C(Cn1ccnn1)NCc1ccc(C(=O)O)o1. The number of hydrogen-bond donors (Lipinski definition) is 2. The molecule has 0 saturated carbocycles. The molecule has 0 unspecified atom stereocenters. The summed E-state index contributed by atoms with van der Waals surface area (Å²) < 4.78 is 6.36. The van der Waals surface area contributed by atoms with Crippen LogP contribution in [0.25, 0.3) is 0 Å². The highest BCUT2D eigenvalue weighted by Crippen LogP contribution is 2.07. The summed E-state index contributed by atoms with van der Waals surface area (Å²) in [7, 11) is 0. The molecule has 2 rings (SSSR count). The van der Waals surface area contributed by atoms with Gasteiger partial charge in [0.1, 0.15) is 12.3 Å². The lowest BCUT2D eigenvalue weighted by atomic mass is 10.4.